The Labute approximate surface area is 197 Å². The Morgan fingerprint density at radius 2 is 1.70 bits per heavy atom. The Balaban J connectivity index is 1.64. The average molecular weight is 480 g/mol. The van der Waals surface area contributed by atoms with Gasteiger partial charge in [0.25, 0.3) is 15.9 Å². The lowest BCUT2D eigenvalue weighted by Gasteiger charge is -2.22. The molecule has 3 aromatic carbocycles. The lowest BCUT2D eigenvalue weighted by atomic mass is 10.2. The number of thiazole rings is 1. The van der Waals surface area contributed by atoms with E-state index in [1.807, 2.05) is 23.7 Å². The third kappa shape index (κ3) is 4.49. The van der Waals surface area contributed by atoms with Crippen molar-refractivity contribution in [1.29, 1.82) is 0 Å². The molecule has 4 rings (SSSR count). The molecule has 0 bridgehead atoms. The van der Waals surface area contributed by atoms with E-state index >= 15 is 0 Å². The molecule has 170 valence electrons. The van der Waals surface area contributed by atoms with Crippen molar-refractivity contribution in [3.05, 3.63) is 88.7 Å². The van der Waals surface area contributed by atoms with Gasteiger partial charge in [0.2, 0.25) is 0 Å². The van der Waals surface area contributed by atoms with Crippen molar-refractivity contribution in [3.63, 3.8) is 0 Å². The maximum absolute atomic E-state index is 13.1. The molecular weight excluding hydrogens is 454 g/mol. The summed E-state index contributed by atoms with van der Waals surface area (Å²) >= 11 is 1.46. The number of aromatic nitrogens is 1. The molecule has 0 N–H and O–H groups in total. The number of fused-ring (bicyclic) bond motifs is 1. The fourth-order valence-electron chi connectivity index (χ4n) is 3.64. The number of hydrogen-bond acceptors (Lipinski definition) is 4. The fraction of sp³-hybridized carbons (Fsp3) is 0.200. The van der Waals surface area contributed by atoms with Crippen molar-refractivity contribution < 1.29 is 13.2 Å². The molecule has 0 saturated carbocycles. The smallest absolute Gasteiger partial charge is 0.279 e. The quantitative estimate of drug-likeness (QED) is 0.400. The number of aryl methyl sites for hydroxylation is 2. The van der Waals surface area contributed by atoms with Crippen LogP contribution in [0.15, 0.2) is 82.7 Å². The van der Waals surface area contributed by atoms with Crippen LogP contribution in [-0.4, -0.2) is 25.4 Å². The molecule has 8 heteroatoms. The number of amides is 1. The summed E-state index contributed by atoms with van der Waals surface area (Å²) in [4.78, 5) is 17.8. The van der Waals surface area contributed by atoms with Crippen LogP contribution in [0.25, 0.3) is 10.2 Å². The zero-order valence-electron chi connectivity index (χ0n) is 18.7. The monoisotopic (exact) mass is 479 g/mol. The molecule has 0 saturated heterocycles. The summed E-state index contributed by atoms with van der Waals surface area (Å²) in [5, 5.41) is 0. The SMILES string of the molecule is CCc1ccc2c(c1)sc(=NC(=O)c1ccc(S(=O)(=O)N(CC)c3ccccc3)cc1)n2C. The molecule has 0 aliphatic carbocycles. The molecule has 1 heterocycles. The van der Waals surface area contributed by atoms with Crippen LogP contribution in [0.5, 0.6) is 0 Å². The molecule has 1 aromatic heterocycles. The van der Waals surface area contributed by atoms with Crippen molar-refractivity contribution in [2.75, 3.05) is 10.8 Å². The van der Waals surface area contributed by atoms with Crippen LogP contribution in [-0.2, 0) is 23.5 Å². The predicted octanol–water partition coefficient (Wildman–Crippen LogP) is 4.76. The minimum Gasteiger partial charge on any atom is -0.319 e. The van der Waals surface area contributed by atoms with Gasteiger partial charge >= 0.3 is 0 Å². The number of rotatable bonds is 6. The molecule has 0 atom stereocenters. The van der Waals surface area contributed by atoms with Gasteiger partial charge in [-0.2, -0.15) is 4.99 Å². The molecule has 0 spiro atoms. The molecule has 0 fully saturated rings. The van der Waals surface area contributed by atoms with E-state index in [9.17, 15) is 13.2 Å². The molecule has 6 nitrogen and oxygen atoms in total. The van der Waals surface area contributed by atoms with E-state index in [2.05, 4.69) is 24.0 Å². The van der Waals surface area contributed by atoms with Gasteiger partial charge < -0.3 is 4.57 Å². The molecule has 33 heavy (non-hydrogen) atoms. The summed E-state index contributed by atoms with van der Waals surface area (Å²) in [5.74, 6) is -0.410. The van der Waals surface area contributed by atoms with Crippen LogP contribution in [0.1, 0.15) is 29.8 Å². The van der Waals surface area contributed by atoms with Gasteiger partial charge in [-0.05, 0) is 67.4 Å². The van der Waals surface area contributed by atoms with E-state index in [1.165, 1.54) is 45.5 Å². The van der Waals surface area contributed by atoms with Crippen molar-refractivity contribution in [3.8, 4) is 0 Å². The first-order valence-electron chi connectivity index (χ1n) is 10.7. The van der Waals surface area contributed by atoms with Crippen molar-refractivity contribution in [2.45, 2.75) is 25.2 Å². The minimum absolute atomic E-state index is 0.129. The van der Waals surface area contributed by atoms with E-state index < -0.39 is 15.9 Å². The highest BCUT2D eigenvalue weighted by Crippen LogP contribution is 2.24. The average Bonchev–Trinajstić information content (AvgIpc) is 3.14. The summed E-state index contributed by atoms with van der Waals surface area (Å²) in [6.07, 6.45) is 0.942. The zero-order valence-corrected chi connectivity index (χ0v) is 20.4. The Morgan fingerprint density at radius 3 is 2.33 bits per heavy atom. The van der Waals surface area contributed by atoms with Crippen molar-refractivity contribution in [1.82, 2.24) is 4.57 Å². The standard InChI is InChI=1S/C25H25N3O3S2/c1-4-18-11-16-22-23(17-18)32-25(27(22)3)26-24(29)19-12-14-21(15-13-19)33(30,31)28(5-2)20-9-7-6-8-10-20/h6-17H,4-5H2,1-3H3. The van der Waals surface area contributed by atoms with Crippen LogP contribution in [0, 0.1) is 0 Å². The molecule has 0 aliphatic rings. The number of benzene rings is 3. The molecule has 0 radical (unpaired) electrons. The summed E-state index contributed by atoms with van der Waals surface area (Å²) in [6.45, 7) is 4.19. The van der Waals surface area contributed by atoms with Gasteiger partial charge in [-0.25, -0.2) is 8.42 Å². The maximum Gasteiger partial charge on any atom is 0.279 e. The predicted molar refractivity (Wildman–Crippen MR) is 133 cm³/mol. The van der Waals surface area contributed by atoms with Crippen LogP contribution < -0.4 is 9.11 Å². The van der Waals surface area contributed by atoms with Crippen molar-refractivity contribution >= 4 is 43.2 Å². The molecule has 1 amide bonds. The lowest BCUT2D eigenvalue weighted by Crippen LogP contribution is -2.30. The van der Waals surface area contributed by atoms with Gasteiger partial charge in [0, 0.05) is 19.2 Å². The zero-order chi connectivity index (χ0) is 23.6. The number of para-hydroxylation sites is 1. The second-order valence-electron chi connectivity index (χ2n) is 7.55. The summed E-state index contributed by atoms with van der Waals surface area (Å²) < 4.78 is 30.6. The number of anilines is 1. The number of carbonyl (C=O) groups is 1. The largest absolute Gasteiger partial charge is 0.319 e. The Kier molecular flexibility index (Phi) is 6.49. The normalized spacial score (nSPS) is 12.3. The highest BCUT2D eigenvalue weighted by molar-refractivity contribution is 7.92. The van der Waals surface area contributed by atoms with Gasteiger partial charge in [0.1, 0.15) is 0 Å². The number of sulfonamides is 1. The van der Waals surface area contributed by atoms with E-state index in [4.69, 9.17) is 0 Å². The summed E-state index contributed by atoms with van der Waals surface area (Å²) in [5.41, 5.74) is 3.18. The number of nitrogens with zero attached hydrogens (tertiary/aromatic N) is 3. The third-order valence-corrected chi connectivity index (χ3v) is 8.51. The highest BCUT2D eigenvalue weighted by Gasteiger charge is 2.23. The van der Waals surface area contributed by atoms with E-state index in [1.54, 1.807) is 31.2 Å². The molecule has 0 aliphatic heterocycles. The van der Waals surface area contributed by atoms with Gasteiger partial charge in [0.05, 0.1) is 20.8 Å². The fourth-order valence-corrected chi connectivity index (χ4v) is 6.19. The molecular formula is C25H25N3O3S2. The second kappa shape index (κ2) is 9.33. The number of carbonyl (C=O) groups excluding carboxylic acids is 1. The van der Waals surface area contributed by atoms with Gasteiger partial charge in [-0.1, -0.05) is 42.5 Å². The van der Waals surface area contributed by atoms with E-state index in [0.29, 0.717) is 22.6 Å². The van der Waals surface area contributed by atoms with Gasteiger partial charge in [-0.3, -0.25) is 9.10 Å². The summed E-state index contributed by atoms with van der Waals surface area (Å²) in [6, 6.07) is 21.1. The maximum atomic E-state index is 13.1. The highest BCUT2D eigenvalue weighted by atomic mass is 32.2. The second-order valence-corrected chi connectivity index (χ2v) is 10.4. The minimum atomic E-state index is -3.75. The number of hydrogen-bond donors (Lipinski definition) is 0. The third-order valence-electron chi connectivity index (χ3n) is 5.50. The van der Waals surface area contributed by atoms with Crippen LogP contribution >= 0.6 is 11.3 Å². The van der Waals surface area contributed by atoms with E-state index in [-0.39, 0.29) is 4.90 Å². The van der Waals surface area contributed by atoms with E-state index in [0.717, 1.165) is 16.6 Å². The van der Waals surface area contributed by atoms with Gasteiger partial charge in [0.15, 0.2) is 4.80 Å². The molecule has 4 aromatic rings. The first-order chi connectivity index (χ1) is 15.8. The molecule has 0 unspecified atom stereocenters. The Bertz CT molecular complexity index is 1470. The first kappa shape index (κ1) is 22.9. The van der Waals surface area contributed by atoms with Gasteiger partial charge in [-0.15, -0.1) is 0 Å². The van der Waals surface area contributed by atoms with Crippen molar-refractivity contribution in [2.24, 2.45) is 12.0 Å². The van der Waals surface area contributed by atoms with Crippen LogP contribution in [0.4, 0.5) is 5.69 Å². The summed E-state index contributed by atoms with van der Waals surface area (Å²) in [7, 11) is -1.86. The topological polar surface area (TPSA) is 71.7 Å². The van der Waals surface area contributed by atoms with Crippen LogP contribution in [0.3, 0.4) is 0 Å². The first-order valence-corrected chi connectivity index (χ1v) is 13.0. The Hall–Kier alpha value is -3.23. The lowest BCUT2D eigenvalue weighted by molar-refractivity contribution is 0.0998. The van der Waals surface area contributed by atoms with Crippen LogP contribution in [0.2, 0.25) is 0 Å². The Morgan fingerprint density at radius 1 is 1.00 bits per heavy atom.